The molecule has 3 aliphatic heterocycles. The maximum Gasteiger partial charge on any atom is 0.288 e. The van der Waals surface area contributed by atoms with Crippen molar-refractivity contribution in [3.05, 3.63) is 57.8 Å². The zero-order chi connectivity index (χ0) is 32.5. The summed E-state index contributed by atoms with van der Waals surface area (Å²) >= 11 is 1.66. The van der Waals surface area contributed by atoms with E-state index in [0.29, 0.717) is 44.1 Å². The normalized spacial score (nSPS) is 22.8. The molecule has 1 aromatic heterocycles. The number of amidine groups is 1. The van der Waals surface area contributed by atoms with Gasteiger partial charge in [0.25, 0.3) is 6.02 Å². The Morgan fingerprint density at radius 3 is 2.67 bits per heavy atom. The van der Waals surface area contributed by atoms with Crippen molar-refractivity contribution < 1.29 is 14.3 Å². The number of nitrogens with one attached hydrogen (secondary N) is 1. The molecular weight excluding hydrogens is 597 g/mol. The van der Waals surface area contributed by atoms with Crippen molar-refractivity contribution in [3.63, 3.8) is 0 Å². The van der Waals surface area contributed by atoms with E-state index in [1.807, 2.05) is 46.4 Å². The average Bonchev–Trinajstić information content (AvgIpc) is 3.74. The summed E-state index contributed by atoms with van der Waals surface area (Å²) in [4.78, 5) is 40.6. The molecule has 1 unspecified atom stereocenters. The van der Waals surface area contributed by atoms with E-state index in [9.17, 15) is 14.9 Å². The van der Waals surface area contributed by atoms with Crippen LogP contribution in [0.4, 0.5) is 0 Å². The lowest BCUT2D eigenvalue weighted by atomic mass is 9.99. The molecule has 4 heterocycles. The zero-order valence-electron chi connectivity index (χ0n) is 27.7. The number of unbranched alkanes of at least 4 members (excludes halogenated alkanes) is 1. The van der Waals surface area contributed by atoms with Crippen LogP contribution < -0.4 is 5.32 Å². The minimum atomic E-state index is -0.575. The van der Waals surface area contributed by atoms with Gasteiger partial charge in [-0.2, -0.15) is 5.26 Å². The topological polar surface area (TPSA) is 101 Å². The number of ether oxygens (including phenoxy) is 1. The first kappa shape index (κ1) is 34.1. The number of Topliss-reactive ketones (excluding diaryl/α,β-unsaturated/α-hetero) is 1. The lowest BCUT2D eigenvalue weighted by Gasteiger charge is -2.42. The number of thiophene rings is 1. The quantitative estimate of drug-likeness (QED) is 0.300. The number of benzene rings is 1. The van der Waals surface area contributed by atoms with Gasteiger partial charge in [-0.25, -0.2) is 4.99 Å². The zero-order valence-corrected chi connectivity index (χ0v) is 28.5. The molecule has 9 nitrogen and oxygen atoms in total. The molecule has 0 bridgehead atoms. The van der Waals surface area contributed by atoms with Crippen molar-refractivity contribution in [2.24, 2.45) is 4.99 Å². The molecule has 5 rings (SSSR count). The minimum absolute atomic E-state index is 0.0228. The molecule has 2 fully saturated rings. The first-order valence-corrected chi connectivity index (χ1v) is 18.0. The second-order valence-electron chi connectivity index (χ2n) is 13.2. The van der Waals surface area contributed by atoms with Crippen LogP contribution in [-0.2, 0) is 20.7 Å². The van der Waals surface area contributed by atoms with E-state index in [2.05, 4.69) is 36.2 Å². The summed E-state index contributed by atoms with van der Waals surface area (Å²) < 4.78 is 6.39. The van der Waals surface area contributed by atoms with E-state index in [1.165, 1.54) is 37.2 Å². The number of piperidine rings is 1. The molecule has 4 atom stereocenters. The van der Waals surface area contributed by atoms with E-state index < -0.39 is 6.04 Å². The van der Waals surface area contributed by atoms with Gasteiger partial charge in [0.1, 0.15) is 12.1 Å². The molecule has 0 spiro atoms. The SMILES string of the molecule is CC(C)N[C@H](CCCCN1CCCCC1)C(=O)N1CCN(C2=NC(C)[C@H](c3cccc(C#N)c3)O2)C[C@H]1C(=O)CCc1cccs1. The number of rotatable bonds is 13. The number of carbonyl (C=O) groups is 2. The monoisotopic (exact) mass is 646 g/mol. The Labute approximate surface area is 278 Å². The number of aryl methyl sites for hydroxylation is 1. The molecule has 0 radical (unpaired) electrons. The largest absolute Gasteiger partial charge is 0.455 e. The van der Waals surface area contributed by atoms with Crippen LogP contribution >= 0.6 is 11.3 Å². The number of likely N-dealkylation sites (tertiary alicyclic amines) is 1. The first-order valence-electron chi connectivity index (χ1n) is 17.2. The highest BCUT2D eigenvalue weighted by Gasteiger charge is 2.41. The summed E-state index contributed by atoms with van der Waals surface area (Å²) in [5.41, 5.74) is 1.49. The lowest BCUT2D eigenvalue weighted by Crippen LogP contribution is -2.62. The standard InChI is InChI=1S/C36H50N6O3S/c1-26(2)38-31(14-5-8-19-40-17-6-4-7-18-40)35(44)42-21-20-41(25-32(42)33(43)16-15-30-13-10-22-46-30)36-39-27(3)34(45-36)29-12-9-11-28(23-29)24-37/h9-13,22-23,26-27,31-32,34,38H,4-8,14-21,25H2,1-3H3/t27?,31-,32+,34-/m1/s1. The molecule has 0 aliphatic carbocycles. The van der Waals surface area contributed by atoms with Crippen LogP contribution in [0.1, 0.15) is 87.8 Å². The number of hydrogen-bond donors (Lipinski definition) is 1. The molecule has 46 heavy (non-hydrogen) atoms. The number of amides is 1. The fourth-order valence-electron chi connectivity index (χ4n) is 6.88. The Morgan fingerprint density at radius 2 is 1.93 bits per heavy atom. The Balaban J connectivity index is 1.27. The predicted molar refractivity (Wildman–Crippen MR) is 183 cm³/mol. The Hall–Kier alpha value is -3.26. The first-order chi connectivity index (χ1) is 22.3. The molecule has 1 N–H and O–H groups in total. The summed E-state index contributed by atoms with van der Waals surface area (Å²) in [5.74, 6) is 0.0967. The van der Waals surface area contributed by atoms with Gasteiger partial charge in [0.05, 0.1) is 23.7 Å². The molecule has 0 saturated carbocycles. The number of nitrogens with zero attached hydrogens (tertiary/aromatic N) is 5. The van der Waals surface area contributed by atoms with Crippen LogP contribution in [0.3, 0.4) is 0 Å². The van der Waals surface area contributed by atoms with E-state index >= 15 is 0 Å². The van der Waals surface area contributed by atoms with E-state index in [4.69, 9.17) is 9.73 Å². The maximum absolute atomic E-state index is 14.3. The number of nitriles is 1. The van der Waals surface area contributed by atoms with E-state index in [0.717, 1.165) is 31.4 Å². The van der Waals surface area contributed by atoms with Crippen molar-refractivity contribution in [1.29, 1.82) is 5.26 Å². The molecule has 10 heteroatoms. The lowest BCUT2D eigenvalue weighted by molar-refractivity contribution is -0.144. The third-order valence-corrected chi connectivity index (χ3v) is 10.3. The molecule has 1 amide bonds. The van der Waals surface area contributed by atoms with Gasteiger partial charge in [0.2, 0.25) is 5.91 Å². The van der Waals surface area contributed by atoms with E-state index in [-0.39, 0.29) is 35.9 Å². The van der Waals surface area contributed by atoms with Crippen molar-refractivity contribution in [3.8, 4) is 6.07 Å². The summed E-state index contributed by atoms with van der Waals surface area (Å²) in [6.45, 7) is 11.0. The number of hydrogen-bond acceptors (Lipinski definition) is 9. The van der Waals surface area contributed by atoms with Gasteiger partial charge in [-0.3, -0.25) is 9.59 Å². The van der Waals surface area contributed by atoms with Crippen molar-refractivity contribution in [2.45, 2.75) is 102 Å². The fourth-order valence-corrected chi connectivity index (χ4v) is 7.59. The summed E-state index contributed by atoms with van der Waals surface area (Å²) in [6, 6.07) is 13.4. The predicted octanol–water partition coefficient (Wildman–Crippen LogP) is 5.17. The van der Waals surface area contributed by atoms with Crippen LogP contribution in [-0.4, -0.2) is 95.8 Å². The molecule has 2 aromatic rings. The van der Waals surface area contributed by atoms with Crippen molar-refractivity contribution in [1.82, 2.24) is 20.0 Å². The second-order valence-corrected chi connectivity index (χ2v) is 14.3. The van der Waals surface area contributed by atoms with Crippen molar-refractivity contribution >= 4 is 29.0 Å². The highest BCUT2D eigenvalue weighted by Crippen LogP contribution is 2.31. The van der Waals surface area contributed by atoms with Crippen LogP contribution in [0, 0.1) is 11.3 Å². The fraction of sp³-hybridized carbons (Fsp3) is 0.611. The van der Waals surface area contributed by atoms with Crippen LogP contribution in [0.5, 0.6) is 0 Å². The number of piperazine rings is 1. The second kappa shape index (κ2) is 16.5. The summed E-state index contributed by atoms with van der Waals surface area (Å²) in [6.07, 6.45) is 7.47. The van der Waals surface area contributed by atoms with Gasteiger partial charge in [0.15, 0.2) is 5.78 Å². The van der Waals surface area contributed by atoms with Crippen LogP contribution in [0.2, 0.25) is 0 Å². The maximum atomic E-state index is 14.3. The number of aliphatic imine (C=N–C) groups is 1. The van der Waals surface area contributed by atoms with E-state index in [1.54, 1.807) is 17.4 Å². The minimum Gasteiger partial charge on any atom is -0.455 e. The van der Waals surface area contributed by atoms with Gasteiger partial charge in [-0.05, 0) is 87.8 Å². The van der Waals surface area contributed by atoms with Gasteiger partial charge in [-0.15, -0.1) is 11.3 Å². The van der Waals surface area contributed by atoms with Gasteiger partial charge in [0, 0.05) is 37.0 Å². The number of carbonyl (C=O) groups excluding carboxylic acids is 2. The smallest absolute Gasteiger partial charge is 0.288 e. The molecular formula is C36H50N6O3S. The highest BCUT2D eigenvalue weighted by atomic mass is 32.1. The van der Waals surface area contributed by atoms with Crippen molar-refractivity contribution in [2.75, 3.05) is 39.3 Å². The summed E-state index contributed by atoms with van der Waals surface area (Å²) in [7, 11) is 0. The molecule has 2 saturated heterocycles. The Bertz CT molecular complexity index is 1370. The number of ketones is 1. The van der Waals surface area contributed by atoms with Gasteiger partial charge >= 0.3 is 0 Å². The average molecular weight is 647 g/mol. The van der Waals surface area contributed by atoms with Crippen LogP contribution in [0.25, 0.3) is 0 Å². The molecule has 3 aliphatic rings. The van der Waals surface area contributed by atoms with Gasteiger partial charge < -0.3 is 24.8 Å². The third kappa shape index (κ3) is 8.96. The van der Waals surface area contributed by atoms with Gasteiger partial charge in [-0.1, -0.05) is 44.9 Å². The third-order valence-electron chi connectivity index (χ3n) is 9.33. The highest BCUT2D eigenvalue weighted by molar-refractivity contribution is 7.09. The summed E-state index contributed by atoms with van der Waals surface area (Å²) in [5, 5.41) is 15.0. The molecule has 1 aromatic carbocycles. The van der Waals surface area contributed by atoms with Crippen LogP contribution in [0.15, 0.2) is 46.8 Å². The Kier molecular flexibility index (Phi) is 12.2. The Morgan fingerprint density at radius 1 is 1.11 bits per heavy atom. The molecule has 248 valence electrons.